The third-order valence-electron chi connectivity index (χ3n) is 3.63. The summed E-state index contributed by atoms with van der Waals surface area (Å²) < 4.78 is 0. The third-order valence-corrected chi connectivity index (χ3v) is 4.98. The number of benzene rings is 1. The smallest absolute Gasteiger partial charge is 0.205 e. The molecule has 3 aromatic heterocycles. The van der Waals surface area contributed by atoms with Gasteiger partial charge in [0.1, 0.15) is 11.2 Å². The van der Waals surface area contributed by atoms with E-state index in [2.05, 4.69) is 39.2 Å². The van der Waals surface area contributed by atoms with E-state index in [1.807, 2.05) is 12.1 Å². The summed E-state index contributed by atoms with van der Waals surface area (Å²) in [5.41, 5.74) is 1.95. The summed E-state index contributed by atoms with van der Waals surface area (Å²) in [6.45, 7) is 4.12. The molecule has 0 bridgehead atoms. The first-order chi connectivity index (χ1) is 11.1. The lowest BCUT2D eigenvalue weighted by Crippen LogP contribution is -2.03. The summed E-state index contributed by atoms with van der Waals surface area (Å²) in [6, 6.07) is 7.36. The molecule has 3 heterocycles. The van der Waals surface area contributed by atoms with Gasteiger partial charge in [0.05, 0.1) is 5.39 Å². The van der Waals surface area contributed by atoms with Crippen molar-refractivity contribution < 1.29 is 0 Å². The largest absolute Gasteiger partial charge is 0.225 e. The highest BCUT2D eigenvalue weighted by Crippen LogP contribution is 2.31. The van der Waals surface area contributed by atoms with Crippen LogP contribution in [-0.4, -0.2) is 30.2 Å². The lowest BCUT2D eigenvalue weighted by atomic mass is 10.2. The molecule has 0 saturated carbocycles. The number of rotatable bonds is 2. The van der Waals surface area contributed by atoms with E-state index in [0.29, 0.717) is 16.7 Å². The minimum Gasteiger partial charge on any atom is -0.225 e. The molecule has 0 amide bonds. The Kier molecular flexibility index (Phi) is 3.32. The number of nitrogens with zero attached hydrogens (tertiary/aromatic N) is 6. The lowest BCUT2D eigenvalue weighted by molar-refractivity contribution is 0.704. The van der Waals surface area contributed by atoms with Gasteiger partial charge in [-0.25, -0.2) is 9.97 Å². The van der Waals surface area contributed by atoms with Crippen molar-refractivity contribution in [1.29, 1.82) is 0 Å². The van der Waals surface area contributed by atoms with Gasteiger partial charge in [-0.15, -0.1) is 26.3 Å². The number of fused-ring (bicyclic) bond motifs is 1. The van der Waals surface area contributed by atoms with Crippen LogP contribution in [0.1, 0.15) is 10.4 Å². The highest BCUT2D eigenvalue weighted by Gasteiger charge is 2.16. The molecule has 4 rings (SSSR count). The van der Waals surface area contributed by atoms with Crippen LogP contribution in [0.3, 0.4) is 0 Å². The quantitative estimate of drug-likeness (QED) is 0.556. The number of hydrogen-bond donors (Lipinski definition) is 0. The second-order valence-corrected chi connectivity index (χ2v) is 6.71. The summed E-state index contributed by atoms with van der Waals surface area (Å²) >= 11 is 7.65. The highest BCUT2D eigenvalue weighted by molar-refractivity contribution is 7.18. The summed E-state index contributed by atoms with van der Waals surface area (Å²) in [6.07, 6.45) is 1.52. The Labute approximate surface area is 140 Å². The number of aromatic nitrogens is 6. The molecule has 0 aliphatic carbocycles. The van der Waals surface area contributed by atoms with Gasteiger partial charge in [-0.2, -0.15) is 0 Å². The van der Waals surface area contributed by atoms with Crippen molar-refractivity contribution in [2.24, 2.45) is 0 Å². The topological polar surface area (TPSA) is 69.4 Å². The predicted octanol–water partition coefficient (Wildman–Crippen LogP) is 3.60. The summed E-state index contributed by atoms with van der Waals surface area (Å²) in [5.74, 6) is 1.14. The van der Waals surface area contributed by atoms with Gasteiger partial charge < -0.3 is 0 Å². The van der Waals surface area contributed by atoms with Crippen LogP contribution < -0.4 is 0 Å². The van der Waals surface area contributed by atoms with Gasteiger partial charge in [0.2, 0.25) is 5.82 Å². The van der Waals surface area contributed by atoms with E-state index in [0.717, 1.165) is 21.3 Å². The van der Waals surface area contributed by atoms with Crippen molar-refractivity contribution in [3.8, 4) is 17.2 Å². The molecule has 0 aliphatic heterocycles. The molecular formula is C15H11ClN6S. The first kappa shape index (κ1) is 14.2. The Hall–Kier alpha value is -2.38. The van der Waals surface area contributed by atoms with E-state index in [4.69, 9.17) is 11.6 Å². The van der Waals surface area contributed by atoms with Crippen LogP contribution >= 0.6 is 22.9 Å². The Balaban J connectivity index is 1.87. The molecule has 114 valence electrons. The van der Waals surface area contributed by atoms with Crippen molar-refractivity contribution in [2.45, 2.75) is 13.8 Å². The van der Waals surface area contributed by atoms with Crippen molar-refractivity contribution in [2.75, 3.05) is 0 Å². The number of thiophene rings is 1. The molecule has 4 aromatic rings. The van der Waals surface area contributed by atoms with E-state index in [9.17, 15) is 0 Å². The second-order valence-electron chi connectivity index (χ2n) is 5.07. The van der Waals surface area contributed by atoms with Crippen LogP contribution in [0.5, 0.6) is 0 Å². The van der Waals surface area contributed by atoms with E-state index >= 15 is 0 Å². The Morgan fingerprint density at radius 2 is 2.04 bits per heavy atom. The van der Waals surface area contributed by atoms with Crippen molar-refractivity contribution in [1.82, 2.24) is 30.2 Å². The zero-order chi connectivity index (χ0) is 16.0. The van der Waals surface area contributed by atoms with E-state index in [-0.39, 0.29) is 0 Å². The fraction of sp³-hybridized carbons (Fsp3) is 0.133. The fourth-order valence-electron chi connectivity index (χ4n) is 2.36. The van der Waals surface area contributed by atoms with Crippen LogP contribution in [0.15, 0.2) is 30.6 Å². The van der Waals surface area contributed by atoms with Gasteiger partial charge in [-0.3, -0.25) is 0 Å². The van der Waals surface area contributed by atoms with Gasteiger partial charge in [-0.05, 0) is 36.8 Å². The van der Waals surface area contributed by atoms with Crippen molar-refractivity contribution >= 4 is 33.2 Å². The Morgan fingerprint density at radius 3 is 2.87 bits per heavy atom. The number of tetrazole rings is 1. The van der Waals surface area contributed by atoms with E-state index in [1.165, 1.54) is 16.0 Å². The molecule has 0 saturated heterocycles. The minimum atomic E-state index is 0.504. The first-order valence-corrected chi connectivity index (χ1v) is 8.10. The maximum atomic E-state index is 6.02. The molecule has 0 radical (unpaired) electrons. The maximum absolute atomic E-state index is 6.02. The maximum Gasteiger partial charge on any atom is 0.205 e. The summed E-state index contributed by atoms with van der Waals surface area (Å²) in [7, 11) is 0. The van der Waals surface area contributed by atoms with Gasteiger partial charge in [0.15, 0.2) is 5.82 Å². The molecule has 0 fully saturated rings. The van der Waals surface area contributed by atoms with E-state index in [1.54, 1.807) is 23.5 Å². The van der Waals surface area contributed by atoms with Gasteiger partial charge in [0.25, 0.3) is 0 Å². The molecule has 0 aliphatic rings. The van der Waals surface area contributed by atoms with Crippen LogP contribution in [0, 0.1) is 13.8 Å². The normalized spacial score (nSPS) is 11.3. The van der Waals surface area contributed by atoms with Crippen LogP contribution in [0.4, 0.5) is 0 Å². The molecule has 0 N–H and O–H groups in total. The molecule has 1 aromatic carbocycles. The highest BCUT2D eigenvalue weighted by atomic mass is 35.5. The summed E-state index contributed by atoms with van der Waals surface area (Å²) in [4.78, 5) is 12.2. The predicted molar refractivity (Wildman–Crippen MR) is 90.0 cm³/mol. The van der Waals surface area contributed by atoms with Gasteiger partial charge in [0, 0.05) is 15.5 Å². The lowest BCUT2D eigenvalue weighted by Gasteiger charge is -2.00. The Morgan fingerprint density at radius 1 is 1.17 bits per heavy atom. The zero-order valence-corrected chi connectivity index (χ0v) is 13.9. The zero-order valence-electron chi connectivity index (χ0n) is 12.4. The monoisotopic (exact) mass is 342 g/mol. The third kappa shape index (κ3) is 2.38. The molecule has 8 heteroatoms. The van der Waals surface area contributed by atoms with Crippen LogP contribution in [-0.2, 0) is 0 Å². The number of hydrogen-bond acceptors (Lipinski definition) is 6. The standard InChI is InChI=1S/C15H11ClN6S/c1-8-9(2)23-15-12(8)14(17-7-18-15)22-20-13(19-21-22)10-4-3-5-11(16)6-10/h3-7H,1-2H3. The van der Waals surface area contributed by atoms with E-state index < -0.39 is 0 Å². The molecule has 0 atom stereocenters. The fourth-order valence-corrected chi connectivity index (χ4v) is 3.54. The molecular weight excluding hydrogens is 332 g/mol. The van der Waals surface area contributed by atoms with Crippen molar-refractivity contribution in [3.05, 3.63) is 46.1 Å². The second kappa shape index (κ2) is 5.36. The molecule has 23 heavy (non-hydrogen) atoms. The first-order valence-electron chi connectivity index (χ1n) is 6.90. The minimum absolute atomic E-state index is 0.504. The average molecular weight is 343 g/mol. The van der Waals surface area contributed by atoms with Crippen LogP contribution in [0.2, 0.25) is 5.02 Å². The SMILES string of the molecule is Cc1sc2ncnc(-n3nnc(-c4cccc(Cl)c4)n3)c2c1C. The molecule has 6 nitrogen and oxygen atoms in total. The van der Waals surface area contributed by atoms with Gasteiger partial charge in [-0.1, -0.05) is 23.7 Å². The molecule has 0 unspecified atom stereocenters. The number of halogens is 1. The van der Waals surface area contributed by atoms with Crippen LogP contribution in [0.25, 0.3) is 27.4 Å². The average Bonchev–Trinajstić information content (AvgIpc) is 3.13. The number of aryl methyl sites for hydroxylation is 2. The van der Waals surface area contributed by atoms with Crippen molar-refractivity contribution in [3.63, 3.8) is 0 Å². The summed E-state index contributed by atoms with van der Waals surface area (Å²) in [5, 5.41) is 14.3. The van der Waals surface area contributed by atoms with Gasteiger partial charge >= 0.3 is 0 Å². The molecule has 0 spiro atoms. The Bertz CT molecular complexity index is 1020.